The SMILES string of the molecule is CO[C@H]1OC[C@H](O)C(O)[C@@H]1O. The molecule has 0 aromatic heterocycles. The molecule has 1 fully saturated rings. The first-order valence-electron chi connectivity index (χ1n) is 3.35. The molecule has 0 radical (unpaired) electrons. The van der Waals surface area contributed by atoms with Gasteiger partial charge in [-0.05, 0) is 0 Å². The maximum Gasteiger partial charge on any atom is 0.185 e. The second-order valence-electron chi connectivity index (χ2n) is 2.49. The second-order valence-corrected chi connectivity index (χ2v) is 2.49. The molecule has 1 heterocycles. The van der Waals surface area contributed by atoms with E-state index in [0.717, 1.165) is 0 Å². The molecule has 0 spiro atoms. The van der Waals surface area contributed by atoms with Crippen molar-refractivity contribution in [2.24, 2.45) is 0 Å². The van der Waals surface area contributed by atoms with Crippen LogP contribution in [0.25, 0.3) is 0 Å². The second kappa shape index (κ2) is 3.46. The average molecular weight is 164 g/mol. The lowest BCUT2D eigenvalue weighted by molar-refractivity contribution is -0.261. The number of methoxy groups -OCH3 is 1. The normalized spacial score (nSPS) is 45.8. The van der Waals surface area contributed by atoms with Crippen LogP contribution in [-0.4, -0.2) is 53.6 Å². The molecule has 0 saturated carbocycles. The van der Waals surface area contributed by atoms with E-state index in [1.165, 1.54) is 7.11 Å². The Hall–Kier alpha value is -0.200. The van der Waals surface area contributed by atoms with E-state index in [9.17, 15) is 0 Å². The first-order chi connectivity index (χ1) is 5.16. The van der Waals surface area contributed by atoms with Crippen LogP contribution in [0.4, 0.5) is 0 Å². The molecule has 0 aromatic rings. The standard InChI is InChI=1S/C6H12O5/c1-10-6-5(9)4(8)3(7)2-11-6/h3-9H,2H2,1H3/t3-,4?,5-,6-/m0/s1. The summed E-state index contributed by atoms with van der Waals surface area (Å²) in [4.78, 5) is 0. The van der Waals surface area contributed by atoms with Crippen molar-refractivity contribution in [1.82, 2.24) is 0 Å². The topological polar surface area (TPSA) is 79.2 Å². The third kappa shape index (κ3) is 1.69. The Kier molecular flexibility index (Phi) is 2.80. The van der Waals surface area contributed by atoms with Crippen LogP contribution in [-0.2, 0) is 9.47 Å². The Bertz CT molecular complexity index is 126. The summed E-state index contributed by atoms with van der Waals surface area (Å²) in [7, 11) is 1.36. The van der Waals surface area contributed by atoms with Gasteiger partial charge in [-0.1, -0.05) is 0 Å². The lowest BCUT2D eigenvalue weighted by Crippen LogP contribution is -2.53. The van der Waals surface area contributed by atoms with Gasteiger partial charge in [0.05, 0.1) is 6.61 Å². The van der Waals surface area contributed by atoms with Gasteiger partial charge >= 0.3 is 0 Å². The molecule has 5 nitrogen and oxygen atoms in total. The van der Waals surface area contributed by atoms with Gasteiger partial charge in [-0.2, -0.15) is 0 Å². The molecule has 4 atom stereocenters. The van der Waals surface area contributed by atoms with Crippen molar-refractivity contribution in [2.75, 3.05) is 13.7 Å². The van der Waals surface area contributed by atoms with Crippen LogP contribution < -0.4 is 0 Å². The number of aliphatic hydroxyl groups excluding tert-OH is 3. The van der Waals surface area contributed by atoms with Gasteiger partial charge in [0.25, 0.3) is 0 Å². The van der Waals surface area contributed by atoms with Crippen LogP contribution in [0.15, 0.2) is 0 Å². The minimum absolute atomic E-state index is 0.0171. The first kappa shape index (κ1) is 8.89. The van der Waals surface area contributed by atoms with Crippen molar-refractivity contribution in [1.29, 1.82) is 0 Å². The zero-order valence-corrected chi connectivity index (χ0v) is 6.17. The fraction of sp³-hybridized carbons (Fsp3) is 1.00. The molecular formula is C6H12O5. The molecule has 1 aliphatic rings. The number of hydrogen-bond donors (Lipinski definition) is 3. The predicted molar refractivity (Wildman–Crippen MR) is 34.8 cm³/mol. The fourth-order valence-electron chi connectivity index (χ4n) is 0.987. The smallest absolute Gasteiger partial charge is 0.185 e. The molecule has 1 aliphatic heterocycles. The number of aliphatic hydroxyl groups is 3. The molecule has 1 unspecified atom stereocenters. The summed E-state index contributed by atoms with van der Waals surface area (Å²) in [5.41, 5.74) is 0. The molecule has 0 bridgehead atoms. The lowest BCUT2D eigenvalue weighted by atomic mass is 10.1. The van der Waals surface area contributed by atoms with E-state index in [1.54, 1.807) is 0 Å². The third-order valence-electron chi connectivity index (χ3n) is 1.69. The molecule has 0 aliphatic carbocycles. The van der Waals surface area contributed by atoms with E-state index >= 15 is 0 Å². The first-order valence-corrected chi connectivity index (χ1v) is 3.35. The van der Waals surface area contributed by atoms with Crippen LogP contribution in [0.5, 0.6) is 0 Å². The molecule has 66 valence electrons. The maximum absolute atomic E-state index is 9.15. The van der Waals surface area contributed by atoms with E-state index in [1.807, 2.05) is 0 Å². The summed E-state index contributed by atoms with van der Waals surface area (Å²) in [6, 6.07) is 0. The van der Waals surface area contributed by atoms with Gasteiger partial charge in [-0.25, -0.2) is 0 Å². The number of hydrogen-bond acceptors (Lipinski definition) is 5. The monoisotopic (exact) mass is 164 g/mol. The van der Waals surface area contributed by atoms with Gasteiger partial charge < -0.3 is 24.8 Å². The van der Waals surface area contributed by atoms with E-state index in [0.29, 0.717) is 0 Å². The predicted octanol–water partition coefficient (Wildman–Crippen LogP) is -1.93. The van der Waals surface area contributed by atoms with Crippen LogP contribution in [0.2, 0.25) is 0 Å². The molecule has 3 N–H and O–H groups in total. The van der Waals surface area contributed by atoms with E-state index < -0.39 is 24.6 Å². The van der Waals surface area contributed by atoms with Crippen LogP contribution in [0, 0.1) is 0 Å². The third-order valence-corrected chi connectivity index (χ3v) is 1.69. The summed E-state index contributed by atoms with van der Waals surface area (Å²) in [5.74, 6) is 0. The van der Waals surface area contributed by atoms with E-state index in [-0.39, 0.29) is 6.61 Å². The Morgan fingerprint density at radius 3 is 2.45 bits per heavy atom. The Morgan fingerprint density at radius 1 is 1.27 bits per heavy atom. The summed E-state index contributed by atoms with van der Waals surface area (Å²) < 4.78 is 9.52. The van der Waals surface area contributed by atoms with Crippen molar-refractivity contribution in [3.05, 3.63) is 0 Å². The summed E-state index contributed by atoms with van der Waals surface area (Å²) in [5, 5.41) is 27.2. The Labute approximate surface area is 64.2 Å². The highest BCUT2D eigenvalue weighted by Gasteiger charge is 2.37. The summed E-state index contributed by atoms with van der Waals surface area (Å²) in [6.07, 6.45) is -4.23. The molecule has 1 rings (SSSR count). The molecule has 0 amide bonds. The highest BCUT2D eigenvalue weighted by Crippen LogP contribution is 2.15. The number of ether oxygens (including phenoxy) is 2. The highest BCUT2D eigenvalue weighted by atomic mass is 16.7. The zero-order valence-electron chi connectivity index (χ0n) is 6.17. The van der Waals surface area contributed by atoms with Gasteiger partial charge in [-0.3, -0.25) is 0 Å². The van der Waals surface area contributed by atoms with Gasteiger partial charge in [0.2, 0.25) is 0 Å². The van der Waals surface area contributed by atoms with E-state index in [4.69, 9.17) is 20.1 Å². The lowest BCUT2D eigenvalue weighted by Gasteiger charge is -2.33. The molecule has 11 heavy (non-hydrogen) atoms. The Balaban J connectivity index is 2.52. The van der Waals surface area contributed by atoms with Gasteiger partial charge in [-0.15, -0.1) is 0 Å². The van der Waals surface area contributed by atoms with Crippen molar-refractivity contribution in [3.63, 3.8) is 0 Å². The van der Waals surface area contributed by atoms with Crippen molar-refractivity contribution in [3.8, 4) is 0 Å². The largest absolute Gasteiger partial charge is 0.388 e. The fourth-order valence-corrected chi connectivity index (χ4v) is 0.987. The van der Waals surface area contributed by atoms with Crippen LogP contribution in [0.3, 0.4) is 0 Å². The van der Waals surface area contributed by atoms with Gasteiger partial charge in [0, 0.05) is 7.11 Å². The van der Waals surface area contributed by atoms with Crippen LogP contribution >= 0.6 is 0 Å². The van der Waals surface area contributed by atoms with Gasteiger partial charge in [0.15, 0.2) is 6.29 Å². The summed E-state index contributed by atoms with van der Waals surface area (Å²) >= 11 is 0. The summed E-state index contributed by atoms with van der Waals surface area (Å²) in [6.45, 7) is -0.0171. The Morgan fingerprint density at radius 2 is 1.91 bits per heavy atom. The molecule has 5 heteroatoms. The van der Waals surface area contributed by atoms with Crippen molar-refractivity contribution < 1.29 is 24.8 Å². The highest BCUT2D eigenvalue weighted by molar-refractivity contribution is 4.81. The average Bonchev–Trinajstić information content (AvgIpc) is 2.01. The zero-order chi connectivity index (χ0) is 8.43. The number of rotatable bonds is 1. The molecular weight excluding hydrogens is 152 g/mol. The van der Waals surface area contributed by atoms with Gasteiger partial charge in [0.1, 0.15) is 18.3 Å². The van der Waals surface area contributed by atoms with Crippen molar-refractivity contribution >= 4 is 0 Å². The molecule has 1 saturated heterocycles. The van der Waals surface area contributed by atoms with E-state index in [2.05, 4.69) is 4.74 Å². The molecule has 0 aromatic carbocycles. The maximum atomic E-state index is 9.15. The minimum Gasteiger partial charge on any atom is -0.388 e. The minimum atomic E-state index is -1.19. The van der Waals surface area contributed by atoms with Crippen LogP contribution in [0.1, 0.15) is 0 Å². The quantitative estimate of drug-likeness (QED) is 0.420. The van der Waals surface area contributed by atoms with Crippen molar-refractivity contribution in [2.45, 2.75) is 24.6 Å².